The molecule has 84 valence electrons. The highest BCUT2D eigenvalue weighted by molar-refractivity contribution is 7.80. The van der Waals surface area contributed by atoms with E-state index in [1.807, 2.05) is 0 Å². The summed E-state index contributed by atoms with van der Waals surface area (Å²) in [6.07, 6.45) is -0.0362. The lowest BCUT2D eigenvalue weighted by Gasteiger charge is -2.07. The molecule has 0 aliphatic heterocycles. The summed E-state index contributed by atoms with van der Waals surface area (Å²) >= 11 is 4.45. The van der Waals surface area contributed by atoms with Gasteiger partial charge in [-0.25, -0.2) is 0 Å². The van der Waals surface area contributed by atoms with E-state index >= 15 is 0 Å². The maximum atomic E-state index is 12.3. The minimum atomic E-state index is -4.39. The summed E-state index contributed by atoms with van der Waals surface area (Å²) in [6.45, 7) is 3.22. The van der Waals surface area contributed by atoms with Gasteiger partial charge < -0.3 is 11.1 Å². The molecular weight excluding hydrogens is 225 g/mol. The minimum Gasteiger partial charge on any atom is -0.376 e. The van der Waals surface area contributed by atoms with E-state index in [-0.39, 0.29) is 11.7 Å². The number of hydrogen-bond donors (Lipinski definition) is 2. The monoisotopic (exact) mass is 236 g/mol. The van der Waals surface area contributed by atoms with Crippen molar-refractivity contribution >= 4 is 17.3 Å². The largest absolute Gasteiger partial charge is 0.416 e. The third-order valence-corrected chi connectivity index (χ3v) is 1.48. The molecule has 0 aromatic rings. The van der Waals surface area contributed by atoms with Crippen LogP contribution >= 0.6 is 12.2 Å². The normalized spacial score (nSPS) is 12.9. The van der Waals surface area contributed by atoms with Gasteiger partial charge in [0.2, 0.25) is 0 Å². The van der Waals surface area contributed by atoms with Crippen molar-refractivity contribution in [3.05, 3.63) is 36.5 Å². The van der Waals surface area contributed by atoms with Crippen molar-refractivity contribution in [2.75, 3.05) is 6.54 Å². The van der Waals surface area contributed by atoms with Crippen molar-refractivity contribution in [1.29, 1.82) is 0 Å². The Hall–Kier alpha value is -1.30. The van der Waals surface area contributed by atoms with Crippen LogP contribution in [0, 0.1) is 0 Å². The van der Waals surface area contributed by atoms with Gasteiger partial charge in [0.1, 0.15) is 0 Å². The second kappa shape index (κ2) is 6.23. The first-order chi connectivity index (χ1) is 6.88. The first-order valence-corrected chi connectivity index (χ1v) is 4.38. The number of nitrogens with one attached hydrogen (secondary N) is 1. The molecule has 0 aliphatic rings. The predicted octanol–water partition coefficient (Wildman–Crippen LogP) is 2.05. The van der Waals surface area contributed by atoms with Crippen LogP contribution in [0.3, 0.4) is 0 Å². The number of halogens is 3. The van der Waals surface area contributed by atoms with Crippen LogP contribution in [0.25, 0.3) is 0 Å². The van der Waals surface area contributed by atoms with Gasteiger partial charge >= 0.3 is 6.18 Å². The Morgan fingerprint density at radius 3 is 2.47 bits per heavy atom. The Labute approximate surface area is 91.3 Å². The topological polar surface area (TPSA) is 38.0 Å². The fraction of sp³-hybridized carbons (Fsp3) is 0.222. The summed E-state index contributed by atoms with van der Waals surface area (Å²) in [5, 5.41) is 2.36. The lowest BCUT2D eigenvalue weighted by Crippen LogP contribution is -2.29. The molecule has 3 N–H and O–H groups in total. The zero-order valence-corrected chi connectivity index (χ0v) is 8.66. The molecule has 15 heavy (non-hydrogen) atoms. The molecule has 0 atom stereocenters. The lowest BCUT2D eigenvalue weighted by molar-refractivity contribution is -0.0883. The van der Waals surface area contributed by atoms with E-state index < -0.39 is 11.7 Å². The Morgan fingerprint density at radius 1 is 1.47 bits per heavy atom. The standard InChI is InChI=1S/C9H11F3N2S/c1-2-3-4-7(9(10,11)12)5-6-14-8(13)15/h2-5H,1,6H2,(H3,13,14,15)/b4-3-,7-5+. The number of rotatable bonds is 4. The Bertz CT molecular complexity index is 292. The third-order valence-electron chi connectivity index (χ3n) is 1.34. The van der Waals surface area contributed by atoms with Crippen molar-refractivity contribution < 1.29 is 13.2 Å². The van der Waals surface area contributed by atoms with Crippen molar-refractivity contribution in [1.82, 2.24) is 5.32 Å². The fourth-order valence-electron chi connectivity index (χ4n) is 0.712. The summed E-state index contributed by atoms with van der Waals surface area (Å²) in [4.78, 5) is 0. The Balaban J connectivity index is 4.56. The summed E-state index contributed by atoms with van der Waals surface area (Å²) < 4.78 is 37.0. The van der Waals surface area contributed by atoms with Gasteiger partial charge in [0.25, 0.3) is 0 Å². The molecule has 0 aromatic carbocycles. The molecule has 0 fully saturated rings. The first-order valence-electron chi connectivity index (χ1n) is 3.97. The van der Waals surface area contributed by atoms with Crippen LogP contribution in [0.2, 0.25) is 0 Å². The van der Waals surface area contributed by atoms with E-state index in [1.54, 1.807) is 0 Å². The van der Waals surface area contributed by atoms with E-state index in [4.69, 9.17) is 5.73 Å². The van der Waals surface area contributed by atoms with Gasteiger partial charge in [-0.3, -0.25) is 0 Å². The van der Waals surface area contributed by atoms with Crippen LogP contribution in [0.5, 0.6) is 0 Å². The van der Waals surface area contributed by atoms with Gasteiger partial charge in [0.05, 0.1) is 5.57 Å². The van der Waals surface area contributed by atoms with Crippen LogP contribution in [-0.4, -0.2) is 17.8 Å². The second-order valence-electron chi connectivity index (χ2n) is 2.50. The molecule has 0 saturated carbocycles. The van der Waals surface area contributed by atoms with Gasteiger partial charge in [-0.15, -0.1) is 0 Å². The van der Waals surface area contributed by atoms with Gasteiger partial charge in [0.15, 0.2) is 5.11 Å². The van der Waals surface area contributed by atoms with Gasteiger partial charge in [-0.05, 0) is 12.2 Å². The molecule has 0 aliphatic carbocycles. The highest BCUT2D eigenvalue weighted by atomic mass is 32.1. The average molecular weight is 236 g/mol. The number of alkyl halides is 3. The molecule has 0 bridgehead atoms. The summed E-state index contributed by atoms with van der Waals surface area (Å²) in [6, 6.07) is 0. The van der Waals surface area contributed by atoms with E-state index in [9.17, 15) is 13.2 Å². The number of nitrogens with two attached hydrogens (primary N) is 1. The molecule has 0 heterocycles. The van der Waals surface area contributed by atoms with E-state index in [1.165, 1.54) is 12.2 Å². The molecule has 0 spiro atoms. The van der Waals surface area contributed by atoms with Crippen molar-refractivity contribution in [2.45, 2.75) is 6.18 Å². The van der Waals surface area contributed by atoms with Gasteiger partial charge in [-0.1, -0.05) is 30.9 Å². The maximum absolute atomic E-state index is 12.3. The van der Waals surface area contributed by atoms with Crippen molar-refractivity contribution in [2.24, 2.45) is 5.73 Å². The molecule has 0 radical (unpaired) electrons. The smallest absolute Gasteiger partial charge is 0.376 e. The molecule has 0 saturated heterocycles. The maximum Gasteiger partial charge on any atom is 0.416 e. The molecule has 0 unspecified atom stereocenters. The van der Waals surface area contributed by atoms with Crippen LogP contribution in [0.15, 0.2) is 36.5 Å². The summed E-state index contributed by atoms with van der Waals surface area (Å²) in [7, 11) is 0. The number of thiocarbonyl (C=S) groups is 1. The summed E-state index contributed by atoms with van der Waals surface area (Å²) in [5.41, 5.74) is 4.29. The van der Waals surface area contributed by atoms with Crippen molar-refractivity contribution in [3.8, 4) is 0 Å². The molecular formula is C9H11F3N2S. The zero-order valence-electron chi connectivity index (χ0n) is 7.84. The Morgan fingerprint density at radius 2 is 2.07 bits per heavy atom. The fourth-order valence-corrected chi connectivity index (χ4v) is 0.795. The van der Waals surface area contributed by atoms with Gasteiger partial charge in [0, 0.05) is 6.54 Å². The van der Waals surface area contributed by atoms with E-state index in [0.717, 1.165) is 12.2 Å². The SMILES string of the molecule is C=C/C=C\C(=C/CNC(N)=S)C(F)(F)F. The molecule has 0 amide bonds. The highest BCUT2D eigenvalue weighted by Gasteiger charge is 2.31. The lowest BCUT2D eigenvalue weighted by atomic mass is 10.2. The molecule has 2 nitrogen and oxygen atoms in total. The number of allylic oxidation sites excluding steroid dienone is 4. The predicted molar refractivity (Wildman–Crippen MR) is 58.3 cm³/mol. The van der Waals surface area contributed by atoms with Gasteiger partial charge in [-0.2, -0.15) is 13.2 Å². The first kappa shape index (κ1) is 13.7. The average Bonchev–Trinajstić information content (AvgIpc) is 2.08. The highest BCUT2D eigenvalue weighted by Crippen LogP contribution is 2.26. The van der Waals surface area contributed by atoms with Crippen LogP contribution in [-0.2, 0) is 0 Å². The van der Waals surface area contributed by atoms with Crippen LogP contribution < -0.4 is 11.1 Å². The zero-order chi connectivity index (χ0) is 11.9. The summed E-state index contributed by atoms with van der Waals surface area (Å²) in [5.74, 6) is 0. The Kier molecular flexibility index (Phi) is 5.69. The molecule has 0 aromatic heterocycles. The van der Waals surface area contributed by atoms with E-state index in [2.05, 4.69) is 24.1 Å². The van der Waals surface area contributed by atoms with E-state index in [0.29, 0.717) is 0 Å². The molecule has 0 rings (SSSR count). The minimum absolute atomic E-state index is 0.0412. The van der Waals surface area contributed by atoms with Crippen LogP contribution in [0.4, 0.5) is 13.2 Å². The second-order valence-corrected chi connectivity index (χ2v) is 2.94. The quantitative estimate of drug-likeness (QED) is 0.579. The number of hydrogen-bond acceptors (Lipinski definition) is 1. The molecule has 6 heteroatoms. The van der Waals surface area contributed by atoms with Crippen molar-refractivity contribution in [3.63, 3.8) is 0 Å². The van der Waals surface area contributed by atoms with Crippen LogP contribution in [0.1, 0.15) is 0 Å². The third kappa shape index (κ3) is 6.73.